The first-order valence-corrected chi connectivity index (χ1v) is 7.89. The van der Waals surface area contributed by atoms with Crippen molar-refractivity contribution in [3.63, 3.8) is 0 Å². The first kappa shape index (κ1) is 14.1. The molecular formula is C17H23N3O. The van der Waals surface area contributed by atoms with Crippen LogP contribution in [0.25, 0.3) is 5.65 Å². The van der Waals surface area contributed by atoms with E-state index in [-0.39, 0.29) is 0 Å². The molecule has 1 aliphatic rings. The van der Waals surface area contributed by atoms with E-state index in [1.54, 1.807) is 0 Å². The van der Waals surface area contributed by atoms with Crippen LogP contribution in [0.5, 0.6) is 0 Å². The Morgan fingerprint density at radius 2 is 2.10 bits per heavy atom. The lowest BCUT2D eigenvalue weighted by atomic mass is 9.84. The molecule has 3 rings (SSSR count). The van der Waals surface area contributed by atoms with Gasteiger partial charge in [0.1, 0.15) is 11.3 Å². The van der Waals surface area contributed by atoms with E-state index in [0.29, 0.717) is 11.7 Å². The van der Waals surface area contributed by atoms with Crippen molar-refractivity contribution >= 4 is 17.8 Å². The summed E-state index contributed by atoms with van der Waals surface area (Å²) in [6.07, 6.45) is 9.07. The summed E-state index contributed by atoms with van der Waals surface area (Å²) >= 11 is 0. The minimum atomic E-state index is 0.497. The molecule has 1 saturated carbocycles. The van der Waals surface area contributed by atoms with Crippen molar-refractivity contribution in [2.75, 3.05) is 11.9 Å². The van der Waals surface area contributed by atoms with Crippen molar-refractivity contribution < 1.29 is 4.79 Å². The van der Waals surface area contributed by atoms with E-state index >= 15 is 0 Å². The Kier molecular flexibility index (Phi) is 3.95. The number of nitrogens with zero attached hydrogens (tertiary/aromatic N) is 3. The van der Waals surface area contributed by atoms with Crippen LogP contribution in [0.3, 0.4) is 0 Å². The van der Waals surface area contributed by atoms with Crippen molar-refractivity contribution in [1.29, 1.82) is 0 Å². The molecule has 4 heteroatoms. The standard InChI is InChI=1S/C17H23N3O/c1-3-13-7-9-14(10-8-13)19(2)17-15(12-21)20-11-5-4-6-16(20)18-17/h4-6,11-14H,3,7-10H2,1-2H3. The van der Waals surface area contributed by atoms with Crippen LogP contribution in [0.15, 0.2) is 24.4 Å². The molecule has 21 heavy (non-hydrogen) atoms. The van der Waals surface area contributed by atoms with Gasteiger partial charge in [-0.25, -0.2) is 4.98 Å². The second kappa shape index (κ2) is 5.88. The number of carbonyl (C=O) groups excluding carboxylic acids is 1. The van der Waals surface area contributed by atoms with Gasteiger partial charge in [-0.05, 0) is 43.7 Å². The third-order valence-electron chi connectivity index (χ3n) is 4.93. The van der Waals surface area contributed by atoms with Gasteiger partial charge in [0.2, 0.25) is 0 Å². The molecule has 0 amide bonds. The highest BCUT2D eigenvalue weighted by atomic mass is 16.1. The van der Waals surface area contributed by atoms with Gasteiger partial charge >= 0.3 is 0 Å². The summed E-state index contributed by atoms with van der Waals surface area (Å²) in [6, 6.07) is 6.32. The molecule has 0 bridgehead atoms. The SMILES string of the molecule is CCC1CCC(N(C)c2nc3ccccn3c2C=O)CC1. The van der Waals surface area contributed by atoms with Crippen molar-refractivity contribution in [2.24, 2.45) is 5.92 Å². The average Bonchev–Trinajstić information content (AvgIpc) is 2.92. The number of aldehydes is 1. The summed E-state index contributed by atoms with van der Waals surface area (Å²) in [7, 11) is 2.08. The number of anilines is 1. The molecule has 0 aliphatic heterocycles. The van der Waals surface area contributed by atoms with Crippen LogP contribution in [-0.4, -0.2) is 28.8 Å². The molecule has 2 aromatic heterocycles. The van der Waals surface area contributed by atoms with Crippen molar-refractivity contribution in [3.05, 3.63) is 30.1 Å². The minimum absolute atomic E-state index is 0.497. The summed E-state index contributed by atoms with van der Waals surface area (Å²) in [6.45, 7) is 2.28. The molecule has 0 unspecified atom stereocenters. The Morgan fingerprint density at radius 3 is 2.76 bits per heavy atom. The molecule has 112 valence electrons. The van der Waals surface area contributed by atoms with Crippen molar-refractivity contribution in [1.82, 2.24) is 9.38 Å². The van der Waals surface area contributed by atoms with Gasteiger partial charge in [-0.2, -0.15) is 0 Å². The summed E-state index contributed by atoms with van der Waals surface area (Å²) in [5.74, 6) is 1.69. The van der Waals surface area contributed by atoms with Crippen molar-refractivity contribution in [2.45, 2.75) is 45.1 Å². The number of carbonyl (C=O) groups is 1. The van der Waals surface area contributed by atoms with E-state index in [9.17, 15) is 4.79 Å². The highest BCUT2D eigenvalue weighted by Crippen LogP contribution is 2.32. The molecule has 0 saturated heterocycles. The maximum absolute atomic E-state index is 11.5. The quantitative estimate of drug-likeness (QED) is 0.806. The molecule has 0 aromatic carbocycles. The first-order chi connectivity index (χ1) is 10.2. The summed E-state index contributed by atoms with van der Waals surface area (Å²) < 4.78 is 1.87. The zero-order chi connectivity index (χ0) is 14.8. The second-order valence-electron chi connectivity index (χ2n) is 6.06. The fourth-order valence-electron chi connectivity index (χ4n) is 3.48. The Hall–Kier alpha value is -1.84. The molecule has 0 atom stereocenters. The summed E-state index contributed by atoms with van der Waals surface area (Å²) in [4.78, 5) is 18.4. The van der Waals surface area contributed by atoms with Crippen LogP contribution in [0, 0.1) is 5.92 Å². The Labute approximate surface area is 125 Å². The second-order valence-corrected chi connectivity index (χ2v) is 6.06. The van der Waals surface area contributed by atoms with Crippen molar-refractivity contribution in [3.8, 4) is 0 Å². The maximum atomic E-state index is 11.5. The van der Waals surface area contributed by atoms with E-state index in [2.05, 4.69) is 23.9 Å². The molecule has 0 radical (unpaired) electrons. The van der Waals surface area contributed by atoms with E-state index in [4.69, 9.17) is 0 Å². The molecule has 1 fully saturated rings. The lowest BCUT2D eigenvalue weighted by Gasteiger charge is -2.34. The highest BCUT2D eigenvalue weighted by Gasteiger charge is 2.26. The van der Waals surface area contributed by atoms with Crippen LogP contribution in [0.2, 0.25) is 0 Å². The lowest BCUT2D eigenvalue weighted by Crippen LogP contribution is -2.35. The molecule has 2 heterocycles. The monoisotopic (exact) mass is 285 g/mol. The maximum Gasteiger partial charge on any atom is 0.170 e. The third-order valence-corrected chi connectivity index (χ3v) is 4.93. The zero-order valence-electron chi connectivity index (χ0n) is 12.8. The van der Waals surface area contributed by atoms with Gasteiger partial charge in [-0.15, -0.1) is 0 Å². The van der Waals surface area contributed by atoms with Crippen LogP contribution < -0.4 is 4.90 Å². The average molecular weight is 285 g/mol. The molecule has 4 nitrogen and oxygen atoms in total. The fourth-order valence-corrected chi connectivity index (χ4v) is 3.48. The highest BCUT2D eigenvalue weighted by molar-refractivity contribution is 5.83. The number of hydrogen-bond acceptors (Lipinski definition) is 3. The fraction of sp³-hybridized carbons (Fsp3) is 0.529. The number of aromatic nitrogens is 2. The van der Waals surface area contributed by atoms with Gasteiger partial charge in [0.15, 0.2) is 12.1 Å². The molecule has 2 aromatic rings. The van der Waals surface area contributed by atoms with Gasteiger partial charge in [-0.1, -0.05) is 19.4 Å². The number of fused-ring (bicyclic) bond motifs is 1. The molecule has 1 aliphatic carbocycles. The van der Waals surface area contributed by atoms with E-state index in [0.717, 1.165) is 23.7 Å². The molecule has 0 spiro atoms. The van der Waals surface area contributed by atoms with Gasteiger partial charge in [0.05, 0.1) is 0 Å². The molecule has 0 N–H and O–H groups in total. The van der Waals surface area contributed by atoms with Crippen LogP contribution in [-0.2, 0) is 0 Å². The van der Waals surface area contributed by atoms with Crippen LogP contribution in [0.4, 0.5) is 5.82 Å². The Bertz CT molecular complexity index is 626. The predicted molar refractivity (Wildman–Crippen MR) is 85.0 cm³/mol. The topological polar surface area (TPSA) is 37.6 Å². The summed E-state index contributed by atoms with van der Waals surface area (Å²) in [5.41, 5.74) is 1.49. The zero-order valence-corrected chi connectivity index (χ0v) is 12.8. The predicted octanol–water partition coefficient (Wildman–Crippen LogP) is 3.55. The lowest BCUT2D eigenvalue weighted by molar-refractivity contribution is 0.111. The number of rotatable bonds is 4. The normalized spacial score (nSPS) is 22.4. The van der Waals surface area contributed by atoms with Gasteiger partial charge in [0, 0.05) is 19.3 Å². The summed E-state index contributed by atoms with van der Waals surface area (Å²) in [5, 5.41) is 0. The van der Waals surface area contributed by atoms with Gasteiger partial charge < -0.3 is 4.90 Å². The van der Waals surface area contributed by atoms with Gasteiger partial charge in [-0.3, -0.25) is 9.20 Å². The first-order valence-electron chi connectivity index (χ1n) is 7.89. The van der Waals surface area contributed by atoms with E-state index in [1.165, 1.54) is 32.1 Å². The van der Waals surface area contributed by atoms with E-state index < -0.39 is 0 Å². The smallest absolute Gasteiger partial charge is 0.170 e. The third kappa shape index (κ3) is 2.55. The number of pyridine rings is 1. The van der Waals surface area contributed by atoms with Gasteiger partial charge in [0.25, 0.3) is 0 Å². The molecular weight excluding hydrogens is 262 g/mol. The van der Waals surface area contributed by atoms with Crippen LogP contribution in [0.1, 0.15) is 49.5 Å². The van der Waals surface area contributed by atoms with E-state index in [1.807, 2.05) is 28.8 Å². The Balaban J connectivity index is 1.88. The minimum Gasteiger partial charge on any atom is -0.355 e. The Morgan fingerprint density at radius 1 is 1.33 bits per heavy atom. The number of imidazole rings is 1. The largest absolute Gasteiger partial charge is 0.355 e. The van der Waals surface area contributed by atoms with Crippen LogP contribution >= 0.6 is 0 Å². The number of hydrogen-bond donors (Lipinski definition) is 0.